The fourth-order valence-corrected chi connectivity index (χ4v) is 3.78. The highest BCUT2D eigenvalue weighted by Gasteiger charge is 2.26. The van der Waals surface area contributed by atoms with E-state index in [1.54, 1.807) is 29.2 Å². The van der Waals surface area contributed by atoms with Crippen molar-refractivity contribution in [1.29, 1.82) is 0 Å². The summed E-state index contributed by atoms with van der Waals surface area (Å²) in [6.07, 6.45) is 2.99. The Kier molecular flexibility index (Phi) is 6.53. The van der Waals surface area contributed by atoms with E-state index in [-0.39, 0.29) is 24.3 Å². The molecule has 3 rings (SSSR count). The average Bonchev–Trinajstić information content (AvgIpc) is 3.12. The Morgan fingerprint density at radius 1 is 1.17 bits per heavy atom. The van der Waals surface area contributed by atoms with Gasteiger partial charge in [-0.25, -0.2) is 4.79 Å². The zero-order chi connectivity index (χ0) is 21.0. The average molecular weight is 417 g/mol. The fourth-order valence-electron chi connectivity index (χ4n) is 3.23. The number of nitrogens with two attached hydrogens (primary N) is 1. The van der Waals surface area contributed by atoms with Crippen LogP contribution in [-0.4, -0.2) is 63.4 Å². The Balaban J connectivity index is 1.55. The van der Waals surface area contributed by atoms with Crippen LogP contribution in [0.4, 0.5) is 0 Å². The number of primary amides is 1. The van der Waals surface area contributed by atoms with Crippen molar-refractivity contribution in [1.82, 2.24) is 19.7 Å². The maximum absolute atomic E-state index is 12.3. The van der Waals surface area contributed by atoms with Crippen LogP contribution in [0.1, 0.15) is 29.0 Å². The summed E-state index contributed by atoms with van der Waals surface area (Å²) in [6.45, 7) is 2.40. The first-order chi connectivity index (χ1) is 13.9. The summed E-state index contributed by atoms with van der Waals surface area (Å²) in [5.41, 5.74) is 6.48. The number of thioether (sulfide) groups is 1. The van der Waals surface area contributed by atoms with Gasteiger partial charge in [-0.15, -0.1) is 10.2 Å². The number of likely N-dealkylation sites (tertiary alicyclic amines) is 1. The number of carbonyl (C=O) groups excluding carboxylic acids is 3. The van der Waals surface area contributed by atoms with E-state index in [1.807, 2.05) is 17.7 Å². The van der Waals surface area contributed by atoms with Crippen LogP contribution in [0.15, 0.2) is 29.4 Å². The lowest BCUT2D eigenvalue weighted by Crippen LogP contribution is -2.43. The van der Waals surface area contributed by atoms with Crippen molar-refractivity contribution in [2.75, 3.05) is 26.0 Å². The lowest BCUT2D eigenvalue weighted by Gasteiger charge is -2.30. The van der Waals surface area contributed by atoms with Crippen molar-refractivity contribution >= 4 is 29.5 Å². The van der Waals surface area contributed by atoms with E-state index in [1.165, 1.54) is 11.8 Å². The third kappa shape index (κ3) is 4.76. The molecule has 2 N–H and O–H groups in total. The van der Waals surface area contributed by atoms with Crippen molar-refractivity contribution < 1.29 is 19.1 Å². The molecule has 0 spiro atoms. The lowest BCUT2D eigenvalue weighted by molar-refractivity contribution is -0.137. The molecule has 0 radical (unpaired) electrons. The van der Waals surface area contributed by atoms with Gasteiger partial charge in [0.15, 0.2) is 11.8 Å². The van der Waals surface area contributed by atoms with Crippen LogP contribution in [0, 0.1) is 12.8 Å². The van der Waals surface area contributed by atoms with Gasteiger partial charge in [0.1, 0.15) is 5.82 Å². The van der Waals surface area contributed by atoms with E-state index in [0.717, 1.165) is 16.7 Å². The molecule has 1 aliphatic heterocycles. The van der Waals surface area contributed by atoms with Gasteiger partial charge in [0.05, 0.1) is 5.56 Å². The van der Waals surface area contributed by atoms with Gasteiger partial charge >= 0.3 is 5.97 Å². The summed E-state index contributed by atoms with van der Waals surface area (Å²) in [5, 5.41) is 8.91. The molecule has 2 heterocycles. The number of rotatable bonds is 6. The summed E-state index contributed by atoms with van der Waals surface area (Å²) < 4.78 is 7.05. The molecule has 1 fully saturated rings. The van der Waals surface area contributed by atoms with Crippen LogP contribution >= 0.6 is 11.8 Å². The normalized spacial score (nSPS) is 14.6. The number of piperidine rings is 1. The Morgan fingerprint density at radius 3 is 2.41 bits per heavy atom. The van der Waals surface area contributed by atoms with Gasteiger partial charge < -0.3 is 15.4 Å². The number of nitrogens with zero attached hydrogens (tertiary/aromatic N) is 4. The summed E-state index contributed by atoms with van der Waals surface area (Å²) >= 11 is 1.48. The first-order valence-electron chi connectivity index (χ1n) is 9.21. The van der Waals surface area contributed by atoms with Crippen LogP contribution in [-0.2, 0) is 14.3 Å². The lowest BCUT2D eigenvalue weighted by atomic mass is 9.96. The molecule has 2 aromatic rings. The minimum absolute atomic E-state index is 0.193. The van der Waals surface area contributed by atoms with Crippen LogP contribution in [0.3, 0.4) is 0 Å². The van der Waals surface area contributed by atoms with Gasteiger partial charge in [-0.3, -0.25) is 14.2 Å². The van der Waals surface area contributed by atoms with Crippen LogP contribution < -0.4 is 5.73 Å². The number of hydrogen-bond acceptors (Lipinski definition) is 7. The minimum Gasteiger partial charge on any atom is -0.452 e. The molecule has 10 heteroatoms. The third-order valence-electron chi connectivity index (χ3n) is 4.92. The van der Waals surface area contributed by atoms with E-state index in [4.69, 9.17) is 10.5 Å². The van der Waals surface area contributed by atoms with Gasteiger partial charge in [0.25, 0.3) is 5.91 Å². The second-order valence-corrected chi connectivity index (χ2v) is 7.52. The number of aryl methyl sites for hydroxylation is 1. The zero-order valence-electron chi connectivity index (χ0n) is 16.3. The van der Waals surface area contributed by atoms with Crippen LogP contribution in [0.5, 0.6) is 0 Å². The highest BCUT2D eigenvalue weighted by Crippen LogP contribution is 2.20. The minimum atomic E-state index is -0.567. The number of aromatic nitrogens is 3. The molecular formula is C19H23N5O4S. The van der Waals surface area contributed by atoms with Crippen molar-refractivity contribution in [3.05, 3.63) is 35.7 Å². The quantitative estimate of drug-likeness (QED) is 0.553. The molecule has 0 saturated carbocycles. The molecule has 154 valence electrons. The Labute approximate surface area is 172 Å². The van der Waals surface area contributed by atoms with Gasteiger partial charge in [-0.1, -0.05) is 11.8 Å². The van der Waals surface area contributed by atoms with Crippen LogP contribution in [0.25, 0.3) is 5.69 Å². The Morgan fingerprint density at radius 2 is 1.83 bits per heavy atom. The van der Waals surface area contributed by atoms with Crippen molar-refractivity contribution in [2.45, 2.75) is 24.9 Å². The first kappa shape index (κ1) is 20.8. The molecule has 0 aliphatic carbocycles. The van der Waals surface area contributed by atoms with Crippen LogP contribution in [0.2, 0.25) is 0 Å². The molecule has 0 unspecified atom stereocenters. The standard InChI is InChI=1S/C19H23N5O4S/c1-12-21-22-19(29-2)24(12)15-5-3-14(4-6-15)18(27)28-11-16(25)23-9-7-13(8-10-23)17(20)26/h3-6,13H,7-11H2,1-2H3,(H2,20,26). The molecule has 9 nitrogen and oxygen atoms in total. The highest BCUT2D eigenvalue weighted by atomic mass is 32.2. The van der Waals surface area contributed by atoms with Gasteiger partial charge in [-0.05, 0) is 50.3 Å². The van der Waals surface area contributed by atoms with Gasteiger partial charge in [0.2, 0.25) is 5.91 Å². The second kappa shape index (κ2) is 9.08. The second-order valence-electron chi connectivity index (χ2n) is 6.75. The van der Waals surface area contributed by atoms with Gasteiger partial charge in [0, 0.05) is 24.7 Å². The molecule has 1 aliphatic rings. The maximum Gasteiger partial charge on any atom is 0.338 e. The van der Waals surface area contributed by atoms with Crippen molar-refractivity contribution in [3.63, 3.8) is 0 Å². The number of hydrogen-bond donors (Lipinski definition) is 1. The summed E-state index contributed by atoms with van der Waals surface area (Å²) in [5.74, 6) is -0.625. The number of esters is 1. The van der Waals surface area contributed by atoms with E-state index < -0.39 is 5.97 Å². The molecule has 2 amide bonds. The number of benzene rings is 1. The van der Waals surface area contributed by atoms with Crippen molar-refractivity contribution in [3.8, 4) is 5.69 Å². The topological polar surface area (TPSA) is 120 Å². The largest absolute Gasteiger partial charge is 0.452 e. The summed E-state index contributed by atoms with van der Waals surface area (Å²) in [4.78, 5) is 37.3. The summed E-state index contributed by atoms with van der Waals surface area (Å²) in [6, 6.07) is 6.85. The molecule has 1 aromatic carbocycles. The predicted octanol–water partition coefficient (Wildman–Crippen LogP) is 1.18. The molecular weight excluding hydrogens is 394 g/mol. The summed E-state index contributed by atoms with van der Waals surface area (Å²) in [7, 11) is 0. The van der Waals surface area contributed by atoms with Crippen molar-refractivity contribution in [2.24, 2.45) is 11.7 Å². The molecule has 1 aromatic heterocycles. The fraction of sp³-hybridized carbons (Fsp3) is 0.421. The Hall–Kier alpha value is -2.88. The number of carbonyl (C=O) groups is 3. The smallest absolute Gasteiger partial charge is 0.338 e. The number of ether oxygens (including phenoxy) is 1. The van der Waals surface area contributed by atoms with E-state index in [0.29, 0.717) is 31.5 Å². The number of amides is 2. The first-order valence-corrected chi connectivity index (χ1v) is 10.4. The van der Waals surface area contributed by atoms with Gasteiger partial charge in [-0.2, -0.15) is 0 Å². The van der Waals surface area contributed by atoms with E-state index in [2.05, 4.69) is 10.2 Å². The SMILES string of the molecule is CSc1nnc(C)n1-c1ccc(C(=O)OCC(=O)N2CCC(C(N)=O)CC2)cc1. The van der Waals surface area contributed by atoms with E-state index in [9.17, 15) is 14.4 Å². The monoisotopic (exact) mass is 417 g/mol. The van der Waals surface area contributed by atoms with E-state index >= 15 is 0 Å². The zero-order valence-corrected chi connectivity index (χ0v) is 17.1. The molecule has 0 bridgehead atoms. The predicted molar refractivity (Wildman–Crippen MR) is 107 cm³/mol. The maximum atomic E-state index is 12.3. The Bertz CT molecular complexity index is 904. The highest BCUT2D eigenvalue weighted by molar-refractivity contribution is 7.98. The third-order valence-corrected chi connectivity index (χ3v) is 5.55. The molecule has 1 saturated heterocycles. The molecule has 0 atom stereocenters. The molecule has 29 heavy (non-hydrogen) atoms.